The van der Waals surface area contributed by atoms with E-state index in [2.05, 4.69) is 5.73 Å². The van der Waals surface area contributed by atoms with Crippen molar-refractivity contribution >= 4 is 6.41 Å². The Morgan fingerprint density at radius 3 is 2.11 bits per heavy atom. The van der Waals surface area contributed by atoms with Crippen molar-refractivity contribution in [3.05, 3.63) is 0 Å². The Kier molecular flexibility index (Phi) is 5.21. The van der Waals surface area contributed by atoms with E-state index in [1.165, 1.54) is 19.3 Å². The highest BCUT2D eigenvalue weighted by Crippen LogP contribution is 2.20. The summed E-state index contributed by atoms with van der Waals surface area (Å²) in [5.74, 6) is 0. The minimum Gasteiger partial charge on any atom is -0.381 e. The van der Waals surface area contributed by atoms with Crippen LogP contribution in [0.4, 0.5) is 0 Å². The van der Waals surface area contributed by atoms with Crippen LogP contribution in [0.15, 0.2) is 0 Å². The second kappa shape index (κ2) is 5.56. The maximum Gasteiger partial charge on any atom is 0.204 e. The van der Waals surface area contributed by atoms with Gasteiger partial charge >= 0.3 is 0 Å². The van der Waals surface area contributed by atoms with Crippen LogP contribution in [0.3, 0.4) is 0 Å². The van der Waals surface area contributed by atoms with Gasteiger partial charge in [0, 0.05) is 7.11 Å². The van der Waals surface area contributed by atoms with Crippen LogP contribution < -0.4 is 5.73 Å². The highest BCUT2D eigenvalue weighted by Gasteiger charge is 2.14. The minimum atomic E-state index is 0.250. The second-order valence-corrected chi connectivity index (χ2v) is 1.92. The van der Waals surface area contributed by atoms with E-state index < -0.39 is 0 Å². The summed E-state index contributed by atoms with van der Waals surface area (Å²) < 4.78 is 4.99. The fourth-order valence-corrected chi connectivity index (χ4v) is 0.606. The normalized spacial score (nSPS) is 17.0. The van der Waals surface area contributed by atoms with E-state index in [-0.39, 0.29) is 6.41 Å². The lowest BCUT2D eigenvalue weighted by Gasteiger charge is -2.22. The molecule has 1 amide bonds. The van der Waals surface area contributed by atoms with Gasteiger partial charge in [-0.05, 0) is 19.3 Å². The summed E-state index contributed by atoms with van der Waals surface area (Å²) in [6, 6.07) is 0. The van der Waals surface area contributed by atoms with Crippen molar-refractivity contribution in [1.29, 1.82) is 0 Å². The number of ether oxygens (including phenoxy) is 1. The lowest BCUT2D eigenvalue weighted by atomic mass is 9.96. The molecular formula is C6H13NO2. The molecule has 1 rings (SSSR count). The summed E-state index contributed by atoms with van der Waals surface area (Å²) in [5, 5.41) is 0. The van der Waals surface area contributed by atoms with Gasteiger partial charge in [-0.3, -0.25) is 4.79 Å². The summed E-state index contributed by atoms with van der Waals surface area (Å²) in [5.41, 5.74) is 4.17. The van der Waals surface area contributed by atoms with Crippen LogP contribution in [0.25, 0.3) is 0 Å². The van der Waals surface area contributed by atoms with E-state index in [9.17, 15) is 0 Å². The van der Waals surface area contributed by atoms with Crippen molar-refractivity contribution in [3.63, 3.8) is 0 Å². The zero-order valence-corrected chi connectivity index (χ0v) is 5.67. The lowest BCUT2D eigenvalue weighted by molar-refractivity contribution is -0.106. The van der Waals surface area contributed by atoms with Crippen molar-refractivity contribution in [3.8, 4) is 0 Å². The number of amides is 1. The van der Waals surface area contributed by atoms with Crippen molar-refractivity contribution in [2.75, 3.05) is 7.11 Å². The van der Waals surface area contributed by atoms with Crippen molar-refractivity contribution in [2.24, 2.45) is 5.73 Å². The number of methoxy groups -OCH3 is 1. The summed E-state index contributed by atoms with van der Waals surface area (Å²) in [4.78, 5) is 8.58. The molecule has 0 saturated heterocycles. The van der Waals surface area contributed by atoms with Crippen LogP contribution in [0.5, 0.6) is 0 Å². The molecule has 2 N–H and O–H groups in total. The van der Waals surface area contributed by atoms with Crippen LogP contribution in [-0.4, -0.2) is 19.6 Å². The molecule has 0 spiro atoms. The molecule has 3 nitrogen and oxygen atoms in total. The molecule has 0 unspecified atom stereocenters. The first-order valence-corrected chi connectivity index (χ1v) is 3.03. The van der Waals surface area contributed by atoms with Gasteiger partial charge in [0.25, 0.3) is 0 Å². The van der Waals surface area contributed by atoms with Crippen molar-refractivity contribution in [2.45, 2.75) is 25.4 Å². The Hall–Kier alpha value is -0.570. The van der Waals surface area contributed by atoms with Crippen LogP contribution >= 0.6 is 0 Å². The average Bonchev–Trinajstić information content (AvgIpc) is 1.64. The Morgan fingerprint density at radius 1 is 1.67 bits per heavy atom. The number of nitrogens with two attached hydrogens (primary N) is 1. The van der Waals surface area contributed by atoms with Crippen molar-refractivity contribution in [1.82, 2.24) is 0 Å². The topological polar surface area (TPSA) is 52.3 Å². The Balaban J connectivity index is 0.000000187. The number of carbonyl (C=O) groups is 1. The largest absolute Gasteiger partial charge is 0.381 e. The third-order valence-corrected chi connectivity index (χ3v) is 1.39. The molecule has 3 heteroatoms. The second-order valence-electron chi connectivity index (χ2n) is 1.92. The molecule has 54 valence electrons. The minimum absolute atomic E-state index is 0.250. The molecule has 1 saturated carbocycles. The van der Waals surface area contributed by atoms with Gasteiger partial charge < -0.3 is 10.5 Å². The smallest absolute Gasteiger partial charge is 0.204 e. The molecule has 0 radical (unpaired) electrons. The molecule has 0 aliphatic heterocycles. The predicted molar refractivity (Wildman–Crippen MR) is 34.9 cm³/mol. The monoisotopic (exact) mass is 131 g/mol. The standard InChI is InChI=1S/C5H10O.CH3NO/c1-6-5-3-2-4-5;2-1-3/h5H,2-4H2,1H3;1H,(H2,2,3). The average molecular weight is 131 g/mol. The van der Waals surface area contributed by atoms with Gasteiger partial charge in [-0.15, -0.1) is 0 Å². The van der Waals surface area contributed by atoms with Gasteiger partial charge in [-0.25, -0.2) is 0 Å². The highest BCUT2D eigenvalue weighted by atomic mass is 16.5. The first kappa shape index (κ1) is 8.43. The van der Waals surface area contributed by atoms with Gasteiger partial charge in [0.05, 0.1) is 6.10 Å². The van der Waals surface area contributed by atoms with Crippen LogP contribution in [-0.2, 0) is 9.53 Å². The Labute approximate surface area is 55.2 Å². The van der Waals surface area contributed by atoms with E-state index in [1.54, 1.807) is 7.11 Å². The number of rotatable bonds is 1. The number of carbonyl (C=O) groups excluding carboxylic acids is 1. The zero-order chi connectivity index (χ0) is 7.11. The first-order valence-electron chi connectivity index (χ1n) is 3.03. The predicted octanol–water partition coefficient (Wildman–Crippen LogP) is 0.287. The van der Waals surface area contributed by atoms with Gasteiger partial charge in [0.1, 0.15) is 0 Å². The number of primary amides is 1. The molecule has 1 aliphatic carbocycles. The molecule has 0 heterocycles. The summed E-state index contributed by atoms with van der Waals surface area (Å²) in [6.45, 7) is 0. The Morgan fingerprint density at radius 2 is 2.11 bits per heavy atom. The fourth-order valence-electron chi connectivity index (χ4n) is 0.606. The first-order chi connectivity index (χ1) is 4.35. The highest BCUT2D eigenvalue weighted by molar-refractivity contribution is 5.42. The van der Waals surface area contributed by atoms with Gasteiger partial charge in [0.15, 0.2) is 0 Å². The molecule has 0 aromatic carbocycles. The Bertz CT molecular complexity index is 68.7. The van der Waals surface area contributed by atoms with Gasteiger partial charge in [0.2, 0.25) is 6.41 Å². The number of hydrogen-bond donors (Lipinski definition) is 1. The maximum atomic E-state index is 8.58. The summed E-state index contributed by atoms with van der Waals surface area (Å²) >= 11 is 0. The number of hydrogen-bond acceptors (Lipinski definition) is 2. The van der Waals surface area contributed by atoms with E-state index in [0.717, 1.165) is 0 Å². The van der Waals surface area contributed by atoms with Crippen LogP contribution in [0.2, 0.25) is 0 Å². The molecule has 1 fully saturated rings. The molecular weight excluding hydrogens is 118 g/mol. The van der Waals surface area contributed by atoms with Crippen LogP contribution in [0, 0.1) is 0 Å². The molecule has 0 atom stereocenters. The van der Waals surface area contributed by atoms with Crippen molar-refractivity contribution < 1.29 is 9.53 Å². The molecule has 1 aliphatic rings. The third kappa shape index (κ3) is 3.97. The van der Waals surface area contributed by atoms with E-state index in [0.29, 0.717) is 6.10 Å². The van der Waals surface area contributed by atoms with Crippen LogP contribution in [0.1, 0.15) is 19.3 Å². The van der Waals surface area contributed by atoms with Gasteiger partial charge in [-0.1, -0.05) is 0 Å². The van der Waals surface area contributed by atoms with E-state index in [1.807, 2.05) is 0 Å². The fraction of sp³-hybridized carbons (Fsp3) is 0.833. The molecule has 0 aromatic rings. The lowest BCUT2D eigenvalue weighted by Crippen LogP contribution is -2.18. The third-order valence-electron chi connectivity index (χ3n) is 1.39. The molecule has 0 aromatic heterocycles. The maximum absolute atomic E-state index is 8.58. The summed E-state index contributed by atoms with van der Waals surface area (Å²) in [7, 11) is 1.78. The van der Waals surface area contributed by atoms with E-state index >= 15 is 0 Å². The summed E-state index contributed by atoms with van der Waals surface area (Å²) in [6.07, 6.45) is 4.82. The SMILES string of the molecule is COC1CCC1.NC=O. The molecule has 0 bridgehead atoms. The quantitative estimate of drug-likeness (QED) is 0.520. The zero-order valence-electron chi connectivity index (χ0n) is 5.67. The molecule has 9 heavy (non-hydrogen) atoms. The van der Waals surface area contributed by atoms with Gasteiger partial charge in [-0.2, -0.15) is 0 Å². The van der Waals surface area contributed by atoms with E-state index in [4.69, 9.17) is 9.53 Å².